The van der Waals surface area contributed by atoms with Gasteiger partial charge in [-0.2, -0.15) is 0 Å². The fourth-order valence-electron chi connectivity index (χ4n) is 5.42. The van der Waals surface area contributed by atoms with Gasteiger partial charge in [0.25, 0.3) is 0 Å². The van der Waals surface area contributed by atoms with Gasteiger partial charge in [0, 0.05) is 39.3 Å². The van der Waals surface area contributed by atoms with E-state index in [9.17, 15) is 9.59 Å². The summed E-state index contributed by atoms with van der Waals surface area (Å²) in [7, 11) is 0. The smallest absolute Gasteiger partial charge is 0.320 e. The summed E-state index contributed by atoms with van der Waals surface area (Å²) in [4.78, 5) is 32.4. The van der Waals surface area contributed by atoms with Gasteiger partial charge in [0.05, 0.1) is 44.2 Å². The van der Waals surface area contributed by atoms with Gasteiger partial charge in [-0.05, 0) is 53.4 Å². The Bertz CT molecular complexity index is 1320. The van der Waals surface area contributed by atoms with Crippen LogP contribution < -0.4 is 16.0 Å². The third-order valence-electron chi connectivity index (χ3n) is 7.65. The van der Waals surface area contributed by atoms with E-state index < -0.39 is 0 Å². The van der Waals surface area contributed by atoms with Crippen molar-refractivity contribution in [3.63, 3.8) is 0 Å². The zero-order valence-corrected chi connectivity index (χ0v) is 24.2. The van der Waals surface area contributed by atoms with Crippen molar-refractivity contribution < 1.29 is 19.1 Å². The molecule has 2 heterocycles. The summed E-state index contributed by atoms with van der Waals surface area (Å²) >= 11 is 0. The van der Waals surface area contributed by atoms with Crippen LogP contribution in [0.2, 0.25) is 0 Å². The van der Waals surface area contributed by atoms with E-state index in [4.69, 9.17) is 15.2 Å². The summed E-state index contributed by atoms with van der Waals surface area (Å²) in [5.74, 6) is -0.0567. The molecule has 0 aliphatic carbocycles. The Morgan fingerprint density at radius 2 is 1.50 bits per heavy atom. The number of hydrogen-bond acceptors (Lipinski definition) is 6. The van der Waals surface area contributed by atoms with E-state index in [0.717, 1.165) is 53.1 Å². The first-order chi connectivity index (χ1) is 20.6. The minimum Gasteiger partial charge on any atom is -0.378 e. The SMILES string of the molecule is NCCCN(Cc1cccc(-c2ccc(N3CCOCC3)c(NC(=O)Cc3ccccc3)c2)c1)C(=O)N1CCOCC1. The summed E-state index contributed by atoms with van der Waals surface area (Å²) in [5, 5.41) is 3.19. The van der Waals surface area contributed by atoms with E-state index in [-0.39, 0.29) is 11.9 Å². The first kappa shape index (κ1) is 29.6. The monoisotopic (exact) mass is 571 g/mol. The van der Waals surface area contributed by atoms with E-state index in [1.165, 1.54) is 0 Å². The van der Waals surface area contributed by atoms with Crippen molar-refractivity contribution in [2.24, 2.45) is 5.73 Å². The molecule has 0 bridgehead atoms. The largest absolute Gasteiger partial charge is 0.378 e. The average molecular weight is 572 g/mol. The van der Waals surface area contributed by atoms with E-state index in [2.05, 4.69) is 46.6 Å². The quantitative estimate of drug-likeness (QED) is 0.382. The Morgan fingerprint density at radius 3 is 2.24 bits per heavy atom. The van der Waals surface area contributed by atoms with Gasteiger partial charge in [0.1, 0.15) is 0 Å². The van der Waals surface area contributed by atoms with Gasteiger partial charge in [-0.1, -0.05) is 54.6 Å². The first-order valence-electron chi connectivity index (χ1n) is 14.8. The molecule has 2 aliphatic heterocycles. The molecule has 9 heteroatoms. The molecule has 9 nitrogen and oxygen atoms in total. The number of carbonyl (C=O) groups excluding carboxylic acids is 2. The summed E-state index contributed by atoms with van der Waals surface area (Å²) in [6, 6.07) is 24.3. The normalized spacial score (nSPS) is 15.4. The second-order valence-corrected chi connectivity index (χ2v) is 10.7. The first-order valence-corrected chi connectivity index (χ1v) is 14.8. The van der Waals surface area contributed by atoms with Crippen LogP contribution in [0.15, 0.2) is 72.8 Å². The van der Waals surface area contributed by atoms with Gasteiger partial charge in [-0.3, -0.25) is 4.79 Å². The van der Waals surface area contributed by atoms with Gasteiger partial charge in [0.15, 0.2) is 0 Å². The number of rotatable bonds is 10. The molecule has 2 saturated heterocycles. The maximum Gasteiger partial charge on any atom is 0.320 e. The Morgan fingerprint density at radius 1 is 0.810 bits per heavy atom. The van der Waals surface area contributed by atoms with Crippen LogP contribution in [0.1, 0.15) is 17.5 Å². The van der Waals surface area contributed by atoms with Crippen molar-refractivity contribution in [3.8, 4) is 11.1 Å². The Labute approximate surface area is 248 Å². The van der Waals surface area contributed by atoms with E-state index in [0.29, 0.717) is 65.6 Å². The summed E-state index contributed by atoms with van der Waals surface area (Å²) < 4.78 is 11.0. The van der Waals surface area contributed by atoms with Crippen molar-refractivity contribution in [1.82, 2.24) is 9.80 Å². The second-order valence-electron chi connectivity index (χ2n) is 10.7. The number of urea groups is 1. The summed E-state index contributed by atoms with van der Waals surface area (Å²) in [6.07, 6.45) is 1.05. The molecular formula is C33H41N5O4. The van der Waals surface area contributed by atoms with Crippen molar-refractivity contribution in [1.29, 1.82) is 0 Å². The van der Waals surface area contributed by atoms with Crippen molar-refractivity contribution >= 4 is 23.3 Å². The van der Waals surface area contributed by atoms with E-state index >= 15 is 0 Å². The van der Waals surface area contributed by atoms with Crippen LogP contribution in [0.4, 0.5) is 16.2 Å². The zero-order valence-electron chi connectivity index (χ0n) is 24.2. The van der Waals surface area contributed by atoms with Crippen molar-refractivity contribution in [2.45, 2.75) is 19.4 Å². The Kier molecular flexibility index (Phi) is 10.4. The molecule has 0 radical (unpaired) electrons. The Hall–Kier alpha value is -3.92. The standard InChI is InChI=1S/C33H41N5O4/c34-12-5-13-38(33(40)37-16-20-42-21-17-37)25-27-8-4-9-28(22-27)29-10-11-31(36-14-18-41-19-15-36)30(24-29)35-32(39)23-26-6-2-1-3-7-26/h1-4,6-11,22,24H,5,12-21,23,25,34H2,(H,35,39). The van der Waals surface area contributed by atoms with Gasteiger partial charge < -0.3 is 35.2 Å². The number of morpholine rings is 2. The lowest BCUT2D eigenvalue weighted by atomic mass is 10.0. The Balaban J connectivity index is 1.37. The summed E-state index contributed by atoms with van der Waals surface area (Å²) in [6.45, 7) is 6.82. The summed E-state index contributed by atoms with van der Waals surface area (Å²) in [5.41, 5.74) is 11.6. The number of hydrogen-bond donors (Lipinski definition) is 2. The molecule has 3 amide bonds. The van der Waals surface area contributed by atoms with Crippen LogP contribution in [0.3, 0.4) is 0 Å². The topological polar surface area (TPSA) is 100 Å². The van der Waals surface area contributed by atoms with Gasteiger partial charge in [-0.25, -0.2) is 4.79 Å². The number of carbonyl (C=O) groups is 2. The maximum absolute atomic E-state index is 13.3. The minimum absolute atomic E-state index is 0.0235. The maximum atomic E-state index is 13.3. The van der Waals surface area contributed by atoms with Crippen LogP contribution in [-0.2, 0) is 27.2 Å². The lowest BCUT2D eigenvalue weighted by Crippen LogP contribution is -2.48. The molecule has 222 valence electrons. The number of nitrogens with zero attached hydrogens (tertiary/aromatic N) is 3. The minimum atomic E-state index is -0.0567. The van der Waals surface area contributed by atoms with Gasteiger partial charge in [0.2, 0.25) is 5.91 Å². The average Bonchev–Trinajstić information content (AvgIpc) is 3.04. The van der Waals surface area contributed by atoms with Crippen LogP contribution in [0.5, 0.6) is 0 Å². The highest BCUT2D eigenvalue weighted by Gasteiger charge is 2.23. The molecule has 0 atom stereocenters. The van der Waals surface area contributed by atoms with Gasteiger partial charge >= 0.3 is 6.03 Å². The molecule has 0 aromatic heterocycles. The van der Waals surface area contributed by atoms with Crippen LogP contribution in [0, 0.1) is 0 Å². The molecule has 2 fully saturated rings. The molecule has 5 rings (SSSR count). The highest BCUT2D eigenvalue weighted by molar-refractivity contribution is 5.96. The third-order valence-corrected chi connectivity index (χ3v) is 7.65. The molecule has 0 spiro atoms. The number of nitrogens with two attached hydrogens (primary N) is 1. The van der Waals surface area contributed by atoms with E-state index in [1.807, 2.05) is 46.2 Å². The predicted molar refractivity (Wildman–Crippen MR) is 166 cm³/mol. The fourth-order valence-corrected chi connectivity index (χ4v) is 5.42. The van der Waals surface area contributed by atoms with Crippen LogP contribution >= 0.6 is 0 Å². The number of nitrogens with one attached hydrogen (secondary N) is 1. The van der Waals surface area contributed by atoms with Crippen LogP contribution in [0.25, 0.3) is 11.1 Å². The number of anilines is 2. The molecule has 2 aliphatic rings. The molecule has 3 aromatic carbocycles. The number of benzene rings is 3. The predicted octanol–water partition coefficient (Wildman–Crippen LogP) is 3.97. The lowest BCUT2D eigenvalue weighted by molar-refractivity contribution is -0.115. The highest BCUT2D eigenvalue weighted by atomic mass is 16.5. The lowest BCUT2D eigenvalue weighted by Gasteiger charge is -2.33. The van der Waals surface area contributed by atoms with Crippen molar-refractivity contribution in [2.75, 3.05) is 75.9 Å². The third kappa shape index (κ3) is 7.88. The zero-order chi connectivity index (χ0) is 29.1. The number of ether oxygens (including phenoxy) is 2. The molecule has 42 heavy (non-hydrogen) atoms. The fraction of sp³-hybridized carbons (Fsp3) is 0.394. The van der Waals surface area contributed by atoms with Crippen LogP contribution in [-0.4, -0.2) is 87.4 Å². The number of amides is 3. The second kappa shape index (κ2) is 14.8. The molecule has 3 N–H and O–H groups in total. The van der Waals surface area contributed by atoms with Gasteiger partial charge in [-0.15, -0.1) is 0 Å². The highest BCUT2D eigenvalue weighted by Crippen LogP contribution is 2.33. The molecular weight excluding hydrogens is 530 g/mol. The molecule has 0 saturated carbocycles. The molecule has 0 unspecified atom stereocenters. The molecule has 3 aromatic rings. The van der Waals surface area contributed by atoms with Crippen molar-refractivity contribution in [3.05, 3.63) is 83.9 Å². The van der Waals surface area contributed by atoms with E-state index in [1.54, 1.807) is 0 Å².